The van der Waals surface area contributed by atoms with Crippen LogP contribution in [0.5, 0.6) is 17.2 Å². The summed E-state index contributed by atoms with van der Waals surface area (Å²) in [4.78, 5) is 32.2. The molecule has 0 radical (unpaired) electrons. The first-order valence-corrected chi connectivity index (χ1v) is 13.2. The number of hydrogen-bond donors (Lipinski definition) is 1. The van der Waals surface area contributed by atoms with E-state index in [9.17, 15) is 9.59 Å². The fraction of sp³-hybridized carbons (Fsp3) is 0.538. The molecular formula is C26H36N4O5S. The maximum Gasteiger partial charge on any atom is 0.234 e. The molecule has 2 aliphatic heterocycles. The summed E-state index contributed by atoms with van der Waals surface area (Å²) in [5.74, 6) is 2.19. The van der Waals surface area contributed by atoms with Crippen molar-refractivity contribution in [3.8, 4) is 17.2 Å². The molecule has 3 aliphatic rings. The van der Waals surface area contributed by atoms with E-state index in [-0.39, 0.29) is 17.1 Å². The smallest absolute Gasteiger partial charge is 0.234 e. The first-order chi connectivity index (χ1) is 17.4. The van der Waals surface area contributed by atoms with Crippen molar-refractivity contribution in [2.75, 3.05) is 67.6 Å². The number of amides is 1. The highest BCUT2D eigenvalue weighted by Gasteiger charge is 2.33. The zero-order valence-corrected chi connectivity index (χ0v) is 22.4. The Balaban J connectivity index is 1.19. The predicted octanol–water partition coefficient (Wildman–Crippen LogP) is 2.08. The number of methoxy groups -OCH3 is 3. The van der Waals surface area contributed by atoms with Gasteiger partial charge >= 0.3 is 0 Å². The second-order valence-electron chi connectivity index (χ2n) is 9.11. The molecule has 1 saturated heterocycles. The molecule has 1 aromatic rings. The summed E-state index contributed by atoms with van der Waals surface area (Å²) in [7, 11) is 6.88. The average molecular weight is 517 g/mol. The minimum Gasteiger partial charge on any atom is -0.493 e. The zero-order valence-electron chi connectivity index (χ0n) is 21.5. The van der Waals surface area contributed by atoms with Crippen molar-refractivity contribution >= 4 is 23.5 Å². The largest absolute Gasteiger partial charge is 0.493 e. The highest BCUT2D eigenvalue weighted by atomic mass is 32.2. The molecule has 1 fully saturated rings. The third-order valence-corrected chi connectivity index (χ3v) is 8.35. The normalized spacial score (nSPS) is 20.5. The van der Waals surface area contributed by atoms with Crippen LogP contribution in [-0.2, 0) is 16.1 Å². The number of nitrogens with zero attached hydrogens (tertiary/aromatic N) is 3. The number of rotatable bonds is 10. The number of nitrogens with one attached hydrogen (secondary N) is 1. The van der Waals surface area contributed by atoms with Crippen LogP contribution in [0.2, 0.25) is 0 Å². The Bertz CT molecular complexity index is 1040. The number of carbonyl (C=O) groups is 2. The molecule has 1 amide bonds. The molecule has 0 bridgehead atoms. The molecule has 36 heavy (non-hydrogen) atoms. The van der Waals surface area contributed by atoms with E-state index in [1.807, 2.05) is 31.3 Å². The summed E-state index contributed by atoms with van der Waals surface area (Å²) < 4.78 is 16.5. The van der Waals surface area contributed by atoms with E-state index in [2.05, 4.69) is 20.0 Å². The van der Waals surface area contributed by atoms with E-state index in [1.54, 1.807) is 33.1 Å². The van der Waals surface area contributed by atoms with Gasteiger partial charge in [0.25, 0.3) is 0 Å². The third kappa shape index (κ3) is 5.82. The fourth-order valence-corrected chi connectivity index (χ4v) is 6.17. The maximum atomic E-state index is 12.6. The molecule has 1 atom stereocenters. The molecule has 10 heteroatoms. The van der Waals surface area contributed by atoms with Crippen molar-refractivity contribution in [1.82, 2.24) is 20.0 Å². The van der Waals surface area contributed by atoms with Gasteiger partial charge in [-0.3, -0.25) is 19.4 Å². The van der Waals surface area contributed by atoms with Gasteiger partial charge in [-0.1, -0.05) is 23.9 Å². The van der Waals surface area contributed by atoms with Crippen molar-refractivity contribution in [2.24, 2.45) is 0 Å². The molecule has 4 rings (SSSR count). The number of ketones is 1. The SMILES string of the molecule is COc1ccc(CN2CCN(CC(=O)NCCC3SC4=C(C=CCC4=O)N3C)CC2)c(OC)c1OC. The molecule has 0 spiro atoms. The Morgan fingerprint density at radius 3 is 2.44 bits per heavy atom. The Morgan fingerprint density at radius 2 is 1.78 bits per heavy atom. The lowest BCUT2D eigenvalue weighted by atomic mass is 10.1. The van der Waals surface area contributed by atoms with Gasteiger partial charge in [-0.15, -0.1) is 0 Å². The summed E-state index contributed by atoms with van der Waals surface area (Å²) in [6.45, 7) is 5.13. The zero-order chi connectivity index (χ0) is 25.7. The summed E-state index contributed by atoms with van der Waals surface area (Å²) in [5, 5.41) is 3.24. The number of likely N-dealkylation sites (N-methyl/N-ethyl adjacent to an activating group) is 1. The van der Waals surface area contributed by atoms with Crippen LogP contribution in [0.4, 0.5) is 0 Å². The van der Waals surface area contributed by atoms with Crippen LogP contribution in [0, 0.1) is 0 Å². The van der Waals surface area contributed by atoms with Gasteiger partial charge in [0.2, 0.25) is 11.7 Å². The minimum atomic E-state index is 0.0457. The van der Waals surface area contributed by atoms with Crippen LogP contribution in [0.25, 0.3) is 0 Å². The van der Waals surface area contributed by atoms with E-state index in [0.717, 1.165) is 55.3 Å². The summed E-state index contributed by atoms with van der Waals surface area (Å²) >= 11 is 1.62. The number of hydrogen-bond acceptors (Lipinski definition) is 9. The lowest BCUT2D eigenvalue weighted by Gasteiger charge is -2.34. The lowest BCUT2D eigenvalue weighted by molar-refractivity contribution is -0.122. The first-order valence-electron chi connectivity index (χ1n) is 12.3. The number of allylic oxidation sites excluding steroid dienone is 3. The Kier molecular flexibility index (Phi) is 8.81. The lowest BCUT2D eigenvalue weighted by Crippen LogP contribution is -2.49. The van der Waals surface area contributed by atoms with Gasteiger partial charge in [-0.05, 0) is 18.6 Å². The molecular weight excluding hydrogens is 480 g/mol. The van der Waals surface area contributed by atoms with Gasteiger partial charge in [0.15, 0.2) is 17.3 Å². The highest BCUT2D eigenvalue weighted by molar-refractivity contribution is 8.04. The standard InChI is InChI=1S/C26H36N4O5S/c1-28-19-6-5-7-20(31)26(19)36-23(28)10-11-27-22(32)17-30-14-12-29(13-15-30)16-18-8-9-21(33-2)25(35-4)24(18)34-3/h5-6,8-9,23H,7,10-17H2,1-4H3,(H,27,32). The first kappa shape index (κ1) is 26.4. The van der Waals surface area contributed by atoms with E-state index in [0.29, 0.717) is 36.8 Å². The van der Waals surface area contributed by atoms with Gasteiger partial charge in [-0.25, -0.2) is 0 Å². The maximum absolute atomic E-state index is 12.6. The monoisotopic (exact) mass is 516 g/mol. The molecule has 0 aromatic heterocycles. The van der Waals surface area contributed by atoms with Gasteiger partial charge in [-0.2, -0.15) is 0 Å². The van der Waals surface area contributed by atoms with Gasteiger partial charge < -0.3 is 24.4 Å². The van der Waals surface area contributed by atoms with Crippen molar-refractivity contribution in [2.45, 2.75) is 24.8 Å². The second-order valence-corrected chi connectivity index (χ2v) is 10.3. The van der Waals surface area contributed by atoms with Gasteiger partial charge in [0.05, 0.1) is 43.9 Å². The van der Waals surface area contributed by atoms with Crippen LogP contribution < -0.4 is 19.5 Å². The van der Waals surface area contributed by atoms with E-state index >= 15 is 0 Å². The van der Waals surface area contributed by atoms with Crippen LogP contribution in [-0.4, -0.2) is 99.4 Å². The molecule has 1 unspecified atom stereocenters. The number of thioether (sulfide) groups is 1. The van der Waals surface area contributed by atoms with E-state index in [1.165, 1.54) is 0 Å². The number of Topliss-reactive ketones (excluding diaryl/α,β-unsaturated/α-hetero) is 1. The topological polar surface area (TPSA) is 83.6 Å². The Morgan fingerprint density at radius 1 is 1.06 bits per heavy atom. The molecule has 0 saturated carbocycles. The van der Waals surface area contributed by atoms with Crippen LogP contribution >= 0.6 is 11.8 Å². The predicted molar refractivity (Wildman–Crippen MR) is 140 cm³/mol. The number of carbonyl (C=O) groups excluding carboxylic acids is 2. The number of benzene rings is 1. The molecule has 196 valence electrons. The van der Waals surface area contributed by atoms with Gasteiger partial charge in [0, 0.05) is 58.3 Å². The van der Waals surface area contributed by atoms with Crippen LogP contribution in [0.1, 0.15) is 18.4 Å². The average Bonchev–Trinajstić information content (AvgIpc) is 3.21. The summed E-state index contributed by atoms with van der Waals surface area (Å²) in [6.07, 6.45) is 5.23. The van der Waals surface area contributed by atoms with Gasteiger partial charge in [0.1, 0.15) is 0 Å². The summed E-state index contributed by atoms with van der Waals surface area (Å²) in [5.41, 5.74) is 2.06. The molecule has 1 aliphatic carbocycles. The number of piperazine rings is 1. The quantitative estimate of drug-likeness (QED) is 0.503. The molecule has 1 N–H and O–H groups in total. The Hall–Kier alpha value is -2.69. The van der Waals surface area contributed by atoms with Crippen molar-refractivity contribution < 1.29 is 23.8 Å². The second kappa shape index (κ2) is 12.0. The highest BCUT2D eigenvalue weighted by Crippen LogP contribution is 2.42. The molecule has 1 aromatic carbocycles. The Labute approximate surface area is 217 Å². The minimum absolute atomic E-state index is 0.0457. The van der Waals surface area contributed by atoms with Crippen LogP contribution in [0.15, 0.2) is 34.9 Å². The fourth-order valence-electron chi connectivity index (χ4n) is 4.84. The molecule has 9 nitrogen and oxygen atoms in total. The van der Waals surface area contributed by atoms with Crippen molar-refractivity contribution in [3.63, 3.8) is 0 Å². The molecule has 2 heterocycles. The van der Waals surface area contributed by atoms with E-state index in [4.69, 9.17) is 14.2 Å². The number of ether oxygens (including phenoxy) is 3. The van der Waals surface area contributed by atoms with Crippen molar-refractivity contribution in [1.29, 1.82) is 0 Å². The van der Waals surface area contributed by atoms with Crippen LogP contribution in [0.3, 0.4) is 0 Å². The summed E-state index contributed by atoms with van der Waals surface area (Å²) in [6, 6.07) is 3.91. The third-order valence-electron chi connectivity index (χ3n) is 6.86. The van der Waals surface area contributed by atoms with Crippen molar-refractivity contribution in [3.05, 3.63) is 40.5 Å². The van der Waals surface area contributed by atoms with E-state index < -0.39 is 0 Å².